The van der Waals surface area contributed by atoms with Crippen LogP contribution in [-0.4, -0.2) is 34.6 Å². The highest BCUT2D eigenvalue weighted by Crippen LogP contribution is 2.24. The normalized spacial score (nSPS) is 10.7. The molecule has 0 aliphatic carbocycles. The van der Waals surface area contributed by atoms with Crippen LogP contribution >= 0.6 is 34.8 Å². The minimum absolute atomic E-state index is 0.0627. The molecule has 1 aromatic heterocycles. The fourth-order valence-corrected chi connectivity index (χ4v) is 3.95. The molecular formula is C17H12Cl3N3O5S. The molecule has 0 atom stereocenters. The fraction of sp³-hybridized carbons (Fsp3) is 0. The maximum absolute atomic E-state index is 12.2. The van der Waals surface area contributed by atoms with Crippen LogP contribution in [0.15, 0.2) is 59.5 Å². The second-order valence-corrected chi connectivity index (χ2v) is 8.22. The molecule has 3 N–H and O–H groups in total. The van der Waals surface area contributed by atoms with Crippen molar-refractivity contribution in [3.8, 4) is 0 Å². The number of halogens is 3. The lowest BCUT2D eigenvalue weighted by Crippen LogP contribution is -2.19. The Morgan fingerprint density at radius 2 is 1.62 bits per heavy atom. The van der Waals surface area contributed by atoms with Gasteiger partial charge in [-0.3, -0.25) is 4.79 Å². The van der Waals surface area contributed by atoms with E-state index in [-0.39, 0.29) is 20.6 Å². The van der Waals surface area contributed by atoms with Crippen LogP contribution in [0.3, 0.4) is 0 Å². The van der Waals surface area contributed by atoms with Crippen molar-refractivity contribution < 1.29 is 23.1 Å². The number of hydrogen-bond donors (Lipinski definition) is 2. The number of amides is 1. The summed E-state index contributed by atoms with van der Waals surface area (Å²) in [4.78, 5) is 21.5. The summed E-state index contributed by atoms with van der Waals surface area (Å²) >= 11 is 16.8. The van der Waals surface area contributed by atoms with E-state index in [0.717, 1.165) is 6.07 Å². The van der Waals surface area contributed by atoms with E-state index < -0.39 is 27.6 Å². The standard InChI is InChI=1S/C10H7ClN2O4S.C7H5Cl2NO/c11-9-6-8(10(14)15)13(12-9)18(16,17)7-4-2-1-3-5-7;8-5-3-1-2-4(6(5)9)7(10)11/h1-6H,(H,14,15);1-3H,(H2,10,11). The van der Waals surface area contributed by atoms with Gasteiger partial charge in [0.15, 0.2) is 10.8 Å². The SMILES string of the molecule is NC(=O)c1cccc(Cl)c1Cl.O=C(O)c1cc(Cl)nn1S(=O)(=O)c1ccccc1. The summed E-state index contributed by atoms with van der Waals surface area (Å²) in [6, 6.07) is 13.1. The summed E-state index contributed by atoms with van der Waals surface area (Å²) < 4.78 is 24.7. The molecule has 0 bridgehead atoms. The molecule has 8 nitrogen and oxygen atoms in total. The lowest BCUT2D eigenvalue weighted by atomic mass is 10.2. The maximum atomic E-state index is 12.2. The second kappa shape index (κ2) is 9.27. The molecule has 0 unspecified atom stereocenters. The van der Waals surface area contributed by atoms with Crippen molar-refractivity contribution in [2.24, 2.45) is 5.73 Å². The second-order valence-electron chi connectivity index (χ2n) is 5.28. The van der Waals surface area contributed by atoms with E-state index in [1.54, 1.807) is 18.2 Å². The van der Waals surface area contributed by atoms with Crippen molar-refractivity contribution in [1.82, 2.24) is 9.19 Å². The largest absolute Gasteiger partial charge is 0.476 e. The van der Waals surface area contributed by atoms with Gasteiger partial charge < -0.3 is 10.8 Å². The van der Waals surface area contributed by atoms with Gasteiger partial charge in [0.25, 0.3) is 10.0 Å². The van der Waals surface area contributed by atoms with E-state index in [1.807, 2.05) is 0 Å². The quantitative estimate of drug-likeness (QED) is 0.591. The van der Waals surface area contributed by atoms with Gasteiger partial charge in [-0.15, -0.1) is 9.19 Å². The first kappa shape index (κ1) is 22.7. The highest BCUT2D eigenvalue weighted by atomic mass is 35.5. The molecule has 0 radical (unpaired) electrons. The summed E-state index contributed by atoms with van der Waals surface area (Å²) in [5.41, 5.74) is 4.74. The molecule has 0 saturated carbocycles. The zero-order valence-electron chi connectivity index (χ0n) is 14.3. The summed E-state index contributed by atoms with van der Waals surface area (Å²) in [7, 11) is -4.05. The Bertz CT molecular complexity index is 1160. The van der Waals surface area contributed by atoms with Gasteiger partial charge in [0.05, 0.1) is 20.5 Å². The molecule has 0 aliphatic heterocycles. The Hall–Kier alpha value is -2.59. The smallest absolute Gasteiger partial charge is 0.355 e. The van der Waals surface area contributed by atoms with Crippen molar-refractivity contribution >= 4 is 56.7 Å². The van der Waals surface area contributed by atoms with E-state index in [2.05, 4.69) is 5.10 Å². The third-order valence-electron chi connectivity index (χ3n) is 3.35. The van der Waals surface area contributed by atoms with Gasteiger partial charge in [-0.1, -0.05) is 59.1 Å². The van der Waals surface area contributed by atoms with Crippen molar-refractivity contribution in [2.75, 3.05) is 0 Å². The Labute approximate surface area is 180 Å². The summed E-state index contributed by atoms with van der Waals surface area (Å²) in [6.07, 6.45) is 0. The topological polar surface area (TPSA) is 132 Å². The predicted molar refractivity (Wildman–Crippen MR) is 108 cm³/mol. The molecule has 3 aromatic rings. The van der Waals surface area contributed by atoms with Crippen LogP contribution in [0.5, 0.6) is 0 Å². The average molecular weight is 477 g/mol. The number of primary amides is 1. The number of aromatic nitrogens is 2. The summed E-state index contributed by atoms with van der Waals surface area (Å²) in [6.45, 7) is 0. The number of aromatic carboxylic acids is 1. The molecule has 2 aromatic carbocycles. The lowest BCUT2D eigenvalue weighted by Gasteiger charge is -2.05. The Kier molecular flexibility index (Phi) is 7.26. The number of benzene rings is 2. The number of nitrogens with two attached hydrogens (primary N) is 1. The number of carboxylic acid groups (broad SMARTS) is 1. The van der Waals surface area contributed by atoms with Gasteiger partial charge in [0, 0.05) is 6.07 Å². The molecule has 0 spiro atoms. The third-order valence-corrected chi connectivity index (χ3v) is 5.96. The van der Waals surface area contributed by atoms with Gasteiger partial charge in [-0.05, 0) is 24.3 Å². The van der Waals surface area contributed by atoms with Crippen molar-refractivity contribution in [3.63, 3.8) is 0 Å². The highest BCUT2D eigenvalue weighted by Gasteiger charge is 2.25. The number of carbonyl (C=O) groups is 2. The fourth-order valence-electron chi connectivity index (χ4n) is 2.05. The van der Waals surface area contributed by atoms with Crippen molar-refractivity contribution in [3.05, 3.63) is 81.1 Å². The van der Waals surface area contributed by atoms with E-state index in [1.165, 1.54) is 30.3 Å². The van der Waals surface area contributed by atoms with Crippen LogP contribution in [0.1, 0.15) is 20.8 Å². The summed E-state index contributed by atoms with van der Waals surface area (Å²) in [5.74, 6) is -1.99. The Balaban J connectivity index is 0.000000234. The number of carbonyl (C=O) groups excluding carboxylic acids is 1. The number of rotatable bonds is 4. The molecule has 3 rings (SSSR count). The number of carboxylic acids is 1. The molecule has 12 heteroatoms. The van der Waals surface area contributed by atoms with Crippen LogP contribution in [0, 0.1) is 0 Å². The minimum Gasteiger partial charge on any atom is -0.476 e. The Morgan fingerprint density at radius 3 is 2.14 bits per heavy atom. The molecule has 0 saturated heterocycles. The third kappa shape index (κ3) is 5.27. The van der Waals surface area contributed by atoms with Gasteiger partial charge in [0.2, 0.25) is 5.91 Å². The van der Waals surface area contributed by atoms with E-state index in [4.69, 9.17) is 45.6 Å². The number of hydrogen-bond acceptors (Lipinski definition) is 5. The number of nitrogens with zero attached hydrogens (tertiary/aromatic N) is 2. The van der Waals surface area contributed by atoms with Crippen LogP contribution < -0.4 is 5.73 Å². The first-order chi connectivity index (χ1) is 13.6. The van der Waals surface area contributed by atoms with E-state index >= 15 is 0 Å². The van der Waals surface area contributed by atoms with Gasteiger partial charge in [0.1, 0.15) is 0 Å². The summed E-state index contributed by atoms with van der Waals surface area (Å²) in [5, 5.41) is 12.7. The van der Waals surface area contributed by atoms with Gasteiger partial charge >= 0.3 is 5.97 Å². The average Bonchev–Trinajstić information content (AvgIpc) is 3.08. The van der Waals surface area contributed by atoms with E-state index in [0.29, 0.717) is 9.11 Å². The molecule has 0 aliphatic rings. The van der Waals surface area contributed by atoms with Crippen LogP contribution in [-0.2, 0) is 10.0 Å². The Morgan fingerprint density at radius 1 is 1.00 bits per heavy atom. The monoisotopic (exact) mass is 475 g/mol. The van der Waals surface area contributed by atoms with Crippen molar-refractivity contribution in [1.29, 1.82) is 0 Å². The zero-order chi connectivity index (χ0) is 21.8. The molecule has 29 heavy (non-hydrogen) atoms. The minimum atomic E-state index is -4.05. The molecule has 1 heterocycles. The molecule has 1 amide bonds. The van der Waals surface area contributed by atoms with Crippen LogP contribution in [0.4, 0.5) is 0 Å². The van der Waals surface area contributed by atoms with E-state index in [9.17, 15) is 18.0 Å². The van der Waals surface area contributed by atoms with Crippen molar-refractivity contribution in [2.45, 2.75) is 4.90 Å². The molecule has 152 valence electrons. The van der Waals surface area contributed by atoms with Crippen LogP contribution in [0.25, 0.3) is 0 Å². The zero-order valence-corrected chi connectivity index (χ0v) is 17.4. The predicted octanol–water partition coefficient (Wildman–Crippen LogP) is 3.56. The maximum Gasteiger partial charge on any atom is 0.355 e. The van der Waals surface area contributed by atoms with Gasteiger partial charge in [-0.25, -0.2) is 4.79 Å². The lowest BCUT2D eigenvalue weighted by molar-refractivity contribution is 0.0688. The first-order valence-corrected chi connectivity index (χ1v) is 10.2. The molecular weight excluding hydrogens is 465 g/mol. The first-order valence-electron chi connectivity index (χ1n) is 7.59. The van der Waals surface area contributed by atoms with Crippen LogP contribution in [0.2, 0.25) is 15.2 Å². The molecule has 0 fully saturated rings. The highest BCUT2D eigenvalue weighted by molar-refractivity contribution is 7.89. The van der Waals surface area contributed by atoms with Gasteiger partial charge in [-0.2, -0.15) is 8.42 Å².